The summed E-state index contributed by atoms with van der Waals surface area (Å²) in [5, 5.41) is 6.75. The second-order valence-electron chi connectivity index (χ2n) is 4.12. The molecule has 1 amide bonds. The van der Waals surface area contributed by atoms with E-state index in [-0.39, 0.29) is 5.91 Å². The van der Waals surface area contributed by atoms with Crippen molar-refractivity contribution in [1.82, 2.24) is 14.8 Å². The summed E-state index contributed by atoms with van der Waals surface area (Å²) in [6.45, 7) is 1.40. The van der Waals surface area contributed by atoms with Crippen molar-refractivity contribution in [3.05, 3.63) is 36.9 Å². The predicted octanol–water partition coefficient (Wildman–Crippen LogP) is 0.644. The molecule has 0 bridgehead atoms. The van der Waals surface area contributed by atoms with Gasteiger partial charge < -0.3 is 15.8 Å². The van der Waals surface area contributed by atoms with Crippen LogP contribution in [0, 0.1) is 0 Å². The van der Waals surface area contributed by atoms with Crippen molar-refractivity contribution in [3.8, 4) is 5.75 Å². The molecular weight excluding hydrogens is 258 g/mol. The highest BCUT2D eigenvalue weighted by Crippen LogP contribution is 2.17. The molecule has 0 saturated heterocycles. The average molecular weight is 275 g/mol. The van der Waals surface area contributed by atoms with Crippen LogP contribution in [0.1, 0.15) is 6.42 Å². The second-order valence-corrected chi connectivity index (χ2v) is 4.12. The largest absolute Gasteiger partial charge is 0.492 e. The number of hydrogen-bond acceptors (Lipinski definition) is 5. The Kier molecular flexibility index (Phi) is 5.08. The Morgan fingerprint density at radius 1 is 1.45 bits per heavy atom. The van der Waals surface area contributed by atoms with Crippen LogP contribution in [0.3, 0.4) is 0 Å². The molecular formula is C13H17N5O2. The van der Waals surface area contributed by atoms with Crippen LogP contribution < -0.4 is 15.8 Å². The summed E-state index contributed by atoms with van der Waals surface area (Å²) in [6, 6.07) is 7.21. The van der Waals surface area contributed by atoms with E-state index in [4.69, 9.17) is 10.5 Å². The molecule has 1 aromatic carbocycles. The summed E-state index contributed by atoms with van der Waals surface area (Å²) in [5.74, 6) is 0.598. The fourth-order valence-electron chi connectivity index (χ4n) is 1.63. The van der Waals surface area contributed by atoms with Crippen LogP contribution >= 0.6 is 0 Å². The van der Waals surface area contributed by atoms with Crippen molar-refractivity contribution in [2.45, 2.75) is 13.0 Å². The average Bonchev–Trinajstić information content (AvgIpc) is 2.97. The number of aromatic nitrogens is 3. The van der Waals surface area contributed by atoms with E-state index in [1.54, 1.807) is 17.1 Å². The number of benzene rings is 1. The molecule has 1 heterocycles. The van der Waals surface area contributed by atoms with Gasteiger partial charge in [-0.3, -0.25) is 9.48 Å². The number of nitrogens with zero attached hydrogens (tertiary/aromatic N) is 3. The van der Waals surface area contributed by atoms with Crippen molar-refractivity contribution in [2.24, 2.45) is 5.73 Å². The lowest BCUT2D eigenvalue weighted by Crippen LogP contribution is -2.15. The van der Waals surface area contributed by atoms with Crippen LogP contribution in [-0.4, -0.2) is 33.8 Å². The lowest BCUT2D eigenvalue weighted by molar-refractivity contribution is -0.116. The topological polar surface area (TPSA) is 95.1 Å². The zero-order valence-corrected chi connectivity index (χ0v) is 11.0. The molecule has 7 nitrogen and oxygen atoms in total. The number of amides is 1. The minimum Gasteiger partial charge on any atom is -0.492 e. The van der Waals surface area contributed by atoms with Gasteiger partial charge in [0, 0.05) is 24.7 Å². The predicted molar refractivity (Wildman–Crippen MR) is 74.3 cm³/mol. The SMILES string of the molecule is NCCOc1cccc(NC(=O)CCn2cncn2)c1. The molecule has 0 spiro atoms. The third-order valence-electron chi connectivity index (χ3n) is 2.54. The summed E-state index contributed by atoms with van der Waals surface area (Å²) in [5.41, 5.74) is 6.07. The number of nitrogens with one attached hydrogen (secondary N) is 1. The zero-order valence-electron chi connectivity index (χ0n) is 11.0. The number of nitrogens with two attached hydrogens (primary N) is 1. The quantitative estimate of drug-likeness (QED) is 0.773. The maximum absolute atomic E-state index is 11.8. The van der Waals surface area contributed by atoms with E-state index in [0.717, 1.165) is 0 Å². The summed E-state index contributed by atoms with van der Waals surface area (Å²) >= 11 is 0. The van der Waals surface area contributed by atoms with Crippen molar-refractivity contribution in [3.63, 3.8) is 0 Å². The van der Waals surface area contributed by atoms with Crippen molar-refractivity contribution in [1.29, 1.82) is 0 Å². The number of carbonyl (C=O) groups is 1. The summed E-state index contributed by atoms with van der Waals surface area (Å²) in [7, 11) is 0. The van der Waals surface area contributed by atoms with E-state index in [9.17, 15) is 4.79 Å². The first-order chi connectivity index (χ1) is 9.78. The Labute approximate surface area is 116 Å². The first-order valence-corrected chi connectivity index (χ1v) is 6.33. The lowest BCUT2D eigenvalue weighted by Gasteiger charge is -2.08. The third kappa shape index (κ3) is 4.36. The number of rotatable bonds is 7. The molecule has 106 valence electrons. The van der Waals surface area contributed by atoms with Crippen molar-refractivity contribution >= 4 is 11.6 Å². The van der Waals surface area contributed by atoms with Gasteiger partial charge in [0.05, 0.1) is 6.54 Å². The van der Waals surface area contributed by atoms with Gasteiger partial charge in [-0.05, 0) is 12.1 Å². The van der Waals surface area contributed by atoms with Crippen LogP contribution in [-0.2, 0) is 11.3 Å². The Hall–Kier alpha value is -2.41. The monoisotopic (exact) mass is 275 g/mol. The fourth-order valence-corrected chi connectivity index (χ4v) is 1.63. The number of anilines is 1. The van der Waals surface area contributed by atoms with Gasteiger partial charge in [0.25, 0.3) is 0 Å². The molecule has 0 saturated carbocycles. The highest BCUT2D eigenvalue weighted by atomic mass is 16.5. The number of hydrogen-bond donors (Lipinski definition) is 2. The number of aryl methyl sites for hydroxylation is 1. The third-order valence-corrected chi connectivity index (χ3v) is 2.54. The summed E-state index contributed by atoms with van der Waals surface area (Å²) in [6.07, 6.45) is 3.35. The van der Waals surface area contributed by atoms with Crippen LogP contribution in [0.4, 0.5) is 5.69 Å². The van der Waals surface area contributed by atoms with Gasteiger partial charge in [0.2, 0.25) is 5.91 Å². The van der Waals surface area contributed by atoms with Crippen molar-refractivity contribution < 1.29 is 9.53 Å². The second kappa shape index (κ2) is 7.25. The molecule has 0 aliphatic carbocycles. The first kappa shape index (κ1) is 14.0. The maximum atomic E-state index is 11.8. The van der Waals surface area contributed by atoms with E-state index in [0.29, 0.717) is 37.6 Å². The minimum absolute atomic E-state index is 0.0866. The van der Waals surface area contributed by atoms with Crippen LogP contribution in [0.2, 0.25) is 0 Å². The minimum atomic E-state index is -0.0866. The van der Waals surface area contributed by atoms with E-state index in [2.05, 4.69) is 15.4 Å². The molecule has 0 radical (unpaired) electrons. The van der Waals surface area contributed by atoms with Gasteiger partial charge in [0.15, 0.2) is 0 Å². The molecule has 1 aromatic heterocycles. The molecule has 2 rings (SSSR count). The molecule has 0 atom stereocenters. The Morgan fingerprint density at radius 3 is 3.10 bits per heavy atom. The molecule has 20 heavy (non-hydrogen) atoms. The summed E-state index contributed by atoms with van der Waals surface area (Å²) < 4.78 is 7.01. The Morgan fingerprint density at radius 2 is 2.35 bits per heavy atom. The Balaban J connectivity index is 1.84. The van der Waals surface area contributed by atoms with Gasteiger partial charge in [0.1, 0.15) is 25.0 Å². The number of ether oxygens (including phenoxy) is 1. The first-order valence-electron chi connectivity index (χ1n) is 6.33. The molecule has 0 fully saturated rings. The standard InChI is InChI=1S/C13H17N5O2/c14-5-7-20-12-3-1-2-11(8-12)17-13(19)4-6-18-10-15-9-16-18/h1-3,8-10H,4-7,14H2,(H,17,19). The fraction of sp³-hybridized carbons (Fsp3) is 0.308. The smallest absolute Gasteiger partial charge is 0.226 e. The van der Waals surface area contributed by atoms with Gasteiger partial charge in [-0.1, -0.05) is 6.07 Å². The molecule has 3 N–H and O–H groups in total. The van der Waals surface area contributed by atoms with Gasteiger partial charge >= 0.3 is 0 Å². The zero-order chi connectivity index (χ0) is 14.2. The normalized spacial score (nSPS) is 10.2. The molecule has 7 heteroatoms. The van der Waals surface area contributed by atoms with E-state index in [1.165, 1.54) is 6.33 Å². The van der Waals surface area contributed by atoms with E-state index < -0.39 is 0 Å². The molecule has 0 aliphatic heterocycles. The van der Waals surface area contributed by atoms with E-state index >= 15 is 0 Å². The Bertz CT molecular complexity index is 541. The van der Waals surface area contributed by atoms with Crippen LogP contribution in [0.25, 0.3) is 0 Å². The van der Waals surface area contributed by atoms with Gasteiger partial charge in [-0.25, -0.2) is 4.98 Å². The highest BCUT2D eigenvalue weighted by Gasteiger charge is 2.04. The molecule has 0 aliphatic rings. The van der Waals surface area contributed by atoms with E-state index in [1.807, 2.05) is 18.2 Å². The molecule has 2 aromatic rings. The van der Waals surface area contributed by atoms with Crippen LogP contribution in [0.5, 0.6) is 5.75 Å². The summed E-state index contributed by atoms with van der Waals surface area (Å²) in [4.78, 5) is 15.6. The maximum Gasteiger partial charge on any atom is 0.226 e. The van der Waals surface area contributed by atoms with Crippen LogP contribution in [0.15, 0.2) is 36.9 Å². The van der Waals surface area contributed by atoms with Gasteiger partial charge in [-0.2, -0.15) is 5.10 Å². The highest BCUT2D eigenvalue weighted by molar-refractivity contribution is 5.90. The van der Waals surface area contributed by atoms with Gasteiger partial charge in [-0.15, -0.1) is 0 Å². The van der Waals surface area contributed by atoms with Crippen molar-refractivity contribution in [2.75, 3.05) is 18.5 Å². The molecule has 0 unspecified atom stereocenters. The lowest BCUT2D eigenvalue weighted by atomic mass is 10.3. The number of carbonyl (C=O) groups excluding carboxylic acids is 1.